The Hall–Kier alpha value is -1.43. The van der Waals surface area contributed by atoms with Crippen LogP contribution in [-0.4, -0.2) is 33.4 Å². The summed E-state index contributed by atoms with van der Waals surface area (Å²) in [7, 11) is 0. The van der Waals surface area contributed by atoms with Crippen molar-refractivity contribution in [3.8, 4) is 0 Å². The van der Waals surface area contributed by atoms with E-state index < -0.39 is 17.9 Å². The van der Waals surface area contributed by atoms with Crippen LogP contribution in [-0.2, 0) is 9.59 Å². The molecule has 0 saturated carbocycles. The molecule has 1 aliphatic rings. The number of piperidine rings is 1. The summed E-state index contributed by atoms with van der Waals surface area (Å²) in [5, 5.41) is 9.44. The molecule has 20 heavy (non-hydrogen) atoms. The molecular weight excluding hydrogens is 324 g/mol. The predicted molar refractivity (Wildman–Crippen MR) is 77.0 cm³/mol. The molecule has 1 aliphatic heterocycles. The summed E-state index contributed by atoms with van der Waals surface area (Å²) in [5.41, 5.74) is 0.772. The Kier molecular flexibility index (Phi) is 4.75. The van der Waals surface area contributed by atoms with Crippen LogP contribution in [0.4, 0.5) is 0 Å². The summed E-state index contributed by atoms with van der Waals surface area (Å²) in [6, 6.07) is 1.41. The molecule has 2 atom stereocenters. The fraction of sp³-hybridized carbons (Fsp3) is 0.500. The number of pyridine rings is 1. The number of likely N-dealkylation sites (tertiary alicyclic amines) is 1. The summed E-state index contributed by atoms with van der Waals surface area (Å²) in [4.78, 5) is 29.4. The maximum atomic E-state index is 12.1. The van der Waals surface area contributed by atoms with Gasteiger partial charge in [0.2, 0.25) is 5.91 Å². The molecule has 5 nitrogen and oxygen atoms in total. The van der Waals surface area contributed by atoms with Crippen LogP contribution in [0.3, 0.4) is 0 Å². The van der Waals surface area contributed by atoms with E-state index >= 15 is 0 Å². The molecule has 1 aromatic rings. The normalized spacial score (nSPS) is 22.9. The van der Waals surface area contributed by atoms with Gasteiger partial charge in [-0.1, -0.05) is 6.92 Å². The zero-order valence-electron chi connectivity index (χ0n) is 11.3. The minimum Gasteiger partial charge on any atom is -0.481 e. The third-order valence-corrected chi connectivity index (χ3v) is 3.99. The van der Waals surface area contributed by atoms with Crippen LogP contribution in [0.25, 0.3) is 0 Å². The second-order valence-electron chi connectivity index (χ2n) is 4.95. The number of carbonyl (C=O) groups excluding carboxylic acids is 1. The molecule has 0 aliphatic carbocycles. The molecular formula is C14H17BrN2O3. The van der Waals surface area contributed by atoms with Gasteiger partial charge in [0.05, 0.1) is 12.0 Å². The average molecular weight is 341 g/mol. The Morgan fingerprint density at radius 1 is 1.55 bits per heavy atom. The van der Waals surface area contributed by atoms with Gasteiger partial charge in [0, 0.05) is 29.8 Å². The molecule has 0 aromatic carbocycles. The molecule has 2 rings (SSSR count). The van der Waals surface area contributed by atoms with Crippen molar-refractivity contribution in [2.24, 2.45) is 5.92 Å². The molecule has 108 valence electrons. The minimum absolute atomic E-state index is 0.0225. The number of hydrogen-bond donors (Lipinski definition) is 1. The molecule has 0 bridgehead atoms. The highest BCUT2D eigenvalue weighted by Crippen LogP contribution is 2.37. The number of aliphatic carboxylic acids is 1. The molecule has 6 heteroatoms. The topological polar surface area (TPSA) is 70.5 Å². The second kappa shape index (κ2) is 6.35. The van der Waals surface area contributed by atoms with Crippen molar-refractivity contribution < 1.29 is 14.7 Å². The van der Waals surface area contributed by atoms with Crippen molar-refractivity contribution in [1.82, 2.24) is 9.88 Å². The molecule has 1 fully saturated rings. The van der Waals surface area contributed by atoms with Crippen molar-refractivity contribution in [2.45, 2.75) is 32.2 Å². The smallest absolute Gasteiger partial charge is 0.308 e. The van der Waals surface area contributed by atoms with Crippen molar-refractivity contribution in [3.63, 3.8) is 0 Å². The van der Waals surface area contributed by atoms with Gasteiger partial charge in [0.25, 0.3) is 0 Å². The first-order valence-corrected chi connectivity index (χ1v) is 7.46. The first-order valence-electron chi connectivity index (χ1n) is 6.67. The standard InChI is InChI=1S/C14H17BrN2O3/c1-2-5-17-12(18)4-3-11(14(19)20)13(17)9-6-10(15)8-16-7-9/h6-8,11,13H,2-5H2,1H3,(H,19,20). The van der Waals surface area contributed by atoms with E-state index in [1.165, 1.54) is 0 Å². The van der Waals surface area contributed by atoms with Crippen LogP contribution < -0.4 is 0 Å². The van der Waals surface area contributed by atoms with E-state index in [0.29, 0.717) is 19.4 Å². The van der Waals surface area contributed by atoms with E-state index in [0.717, 1.165) is 16.5 Å². The van der Waals surface area contributed by atoms with Gasteiger partial charge in [0.1, 0.15) is 0 Å². The largest absolute Gasteiger partial charge is 0.481 e. The average Bonchev–Trinajstić information content (AvgIpc) is 2.40. The number of halogens is 1. The number of carboxylic acids is 1. The molecule has 2 heterocycles. The van der Waals surface area contributed by atoms with E-state index in [4.69, 9.17) is 0 Å². The van der Waals surface area contributed by atoms with Crippen molar-refractivity contribution in [2.75, 3.05) is 6.54 Å². The third-order valence-electron chi connectivity index (χ3n) is 3.56. The van der Waals surface area contributed by atoms with E-state index in [1.807, 2.05) is 13.0 Å². The zero-order valence-corrected chi connectivity index (χ0v) is 12.8. The Morgan fingerprint density at radius 3 is 2.90 bits per heavy atom. The summed E-state index contributed by atoms with van der Waals surface area (Å²) in [5.74, 6) is -1.41. The van der Waals surface area contributed by atoms with E-state index in [1.54, 1.807) is 17.3 Å². The number of carboxylic acid groups (broad SMARTS) is 1. The number of amides is 1. The Labute approximate surface area is 126 Å². The Balaban J connectivity index is 2.42. The fourth-order valence-electron chi connectivity index (χ4n) is 2.72. The lowest BCUT2D eigenvalue weighted by molar-refractivity contribution is -0.152. The third kappa shape index (κ3) is 3.00. The van der Waals surface area contributed by atoms with E-state index in [9.17, 15) is 14.7 Å². The van der Waals surface area contributed by atoms with Gasteiger partial charge in [-0.25, -0.2) is 0 Å². The zero-order chi connectivity index (χ0) is 14.7. The SMILES string of the molecule is CCCN1C(=O)CCC(C(=O)O)C1c1cncc(Br)c1. The fourth-order valence-corrected chi connectivity index (χ4v) is 3.10. The summed E-state index contributed by atoms with van der Waals surface area (Å²) < 4.78 is 0.786. The molecule has 2 unspecified atom stereocenters. The highest BCUT2D eigenvalue weighted by molar-refractivity contribution is 9.10. The predicted octanol–water partition coefficient (Wildman–Crippen LogP) is 2.62. The number of aromatic nitrogens is 1. The highest BCUT2D eigenvalue weighted by Gasteiger charge is 2.40. The molecule has 0 radical (unpaired) electrons. The van der Waals surface area contributed by atoms with Crippen molar-refractivity contribution >= 4 is 27.8 Å². The molecule has 0 spiro atoms. The van der Waals surface area contributed by atoms with Gasteiger partial charge in [-0.2, -0.15) is 0 Å². The minimum atomic E-state index is -0.858. The Morgan fingerprint density at radius 2 is 2.30 bits per heavy atom. The highest BCUT2D eigenvalue weighted by atomic mass is 79.9. The van der Waals surface area contributed by atoms with Crippen LogP contribution in [0.1, 0.15) is 37.8 Å². The molecule has 1 saturated heterocycles. The number of hydrogen-bond acceptors (Lipinski definition) is 3. The molecule has 1 aromatic heterocycles. The summed E-state index contributed by atoms with van der Waals surface area (Å²) in [6.45, 7) is 2.55. The van der Waals surface area contributed by atoms with Crippen LogP contribution in [0.5, 0.6) is 0 Å². The first-order chi connectivity index (χ1) is 9.54. The van der Waals surface area contributed by atoms with E-state index in [-0.39, 0.29) is 5.91 Å². The van der Waals surface area contributed by atoms with Gasteiger partial charge in [-0.05, 0) is 40.4 Å². The van der Waals surface area contributed by atoms with Gasteiger partial charge < -0.3 is 10.0 Å². The Bertz CT molecular complexity index is 521. The number of nitrogens with zero attached hydrogens (tertiary/aromatic N) is 2. The summed E-state index contributed by atoms with van der Waals surface area (Å²) >= 11 is 3.35. The quantitative estimate of drug-likeness (QED) is 0.914. The van der Waals surface area contributed by atoms with Crippen molar-refractivity contribution in [3.05, 3.63) is 28.5 Å². The lowest BCUT2D eigenvalue weighted by Crippen LogP contribution is -2.45. The van der Waals surface area contributed by atoms with Gasteiger partial charge in [-0.15, -0.1) is 0 Å². The van der Waals surface area contributed by atoms with Crippen molar-refractivity contribution in [1.29, 1.82) is 0 Å². The van der Waals surface area contributed by atoms with Crippen LogP contribution in [0.15, 0.2) is 22.9 Å². The molecule has 1 amide bonds. The van der Waals surface area contributed by atoms with Gasteiger partial charge in [-0.3, -0.25) is 14.6 Å². The maximum absolute atomic E-state index is 12.1. The lowest BCUT2D eigenvalue weighted by atomic mass is 9.85. The van der Waals surface area contributed by atoms with Crippen LogP contribution in [0.2, 0.25) is 0 Å². The van der Waals surface area contributed by atoms with Gasteiger partial charge in [0.15, 0.2) is 0 Å². The monoisotopic (exact) mass is 340 g/mol. The summed E-state index contributed by atoms with van der Waals surface area (Å²) in [6.07, 6.45) is 4.77. The second-order valence-corrected chi connectivity index (χ2v) is 5.87. The van der Waals surface area contributed by atoms with E-state index in [2.05, 4.69) is 20.9 Å². The number of rotatable bonds is 4. The maximum Gasteiger partial charge on any atom is 0.308 e. The number of carbonyl (C=O) groups is 2. The lowest BCUT2D eigenvalue weighted by Gasteiger charge is -2.39. The van der Waals surface area contributed by atoms with Crippen LogP contribution in [0, 0.1) is 5.92 Å². The van der Waals surface area contributed by atoms with Gasteiger partial charge >= 0.3 is 5.97 Å². The van der Waals surface area contributed by atoms with Crippen LogP contribution >= 0.6 is 15.9 Å². The molecule has 1 N–H and O–H groups in total. The first kappa shape index (κ1) is 15.0.